The van der Waals surface area contributed by atoms with E-state index in [1.54, 1.807) is 36.4 Å². The molecule has 0 heterocycles. The monoisotopic (exact) mass is 368 g/mol. The molecule has 2 aromatic rings. The Labute approximate surface area is 135 Å². The first-order chi connectivity index (χ1) is 9.47. The van der Waals surface area contributed by atoms with E-state index >= 15 is 0 Å². The van der Waals surface area contributed by atoms with E-state index in [4.69, 9.17) is 29.6 Å². The van der Waals surface area contributed by atoms with Crippen LogP contribution in [0.1, 0.15) is 15.9 Å². The summed E-state index contributed by atoms with van der Waals surface area (Å²) in [5, 5.41) is 3.13. The van der Waals surface area contributed by atoms with Gasteiger partial charge < -0.3 is 11.1 Å². The van der Waals surface area contributed by atoms with E-state index < -0.39 is 0 Å². The van der Waals surface area contributed by atoms with Crippen molar-refractivity contribution in [2.75, 3.05) is 5.32 Å². The standard InChI is InChI=1S/C14H10BrClN2OS/c15-10-3-1-2-9(6-10)14(19)18-12-5-4-8(13(17)20)7-11(12)16/h1-7H,(H2,17,20)(H,18,19). The lowest BCUT2D eigenvalue weighted by atomic mass is 10.2. The SMILES string of the molecule is NC(=S)c1ccc(NC(=O)c2cccc(Br)c2)c(Cl)c1. The molecular weight excluding hydrogens is 360 g/mol. The lowest BCUT2D eigenvalue weighted by Gasteiger charge is -2.09. The first-order valence-corrected chi connectivity index (χ1v) is 7.21. The number of nitrogens with one attached hydrogen (secondary N) is 1. The van der Waals surface area contributed by atoms with Gasteiger partial charge in [0.25, 0.3) is 5.91 Å². The molecular formula is C14H10BrClN2OS. The fraction of sp³-hybridized carbons (Fsp3) is 0. The minimum Gasteiger partial charge on any atom is -0.389 e. The summed E-state index contributed by atoms with van der Waals surface area (Å²) in [5.74, 6) is -0.240. The molecule has 0 saturated carbocycles. The Morgan fingerprint density at radius 3 is 2.55 bits per heavy atom. The zero-order valence-corrected chi connectivity index (χ0v) is 13.3. The number of carbonyl (C=O) groups excluding carboxylic acids is 1. The number of thiocarbonyl (C=S) groups is 1. The highest BCUT2D eigenvalue weighted by molar-refractivity contribution is 9.10. The van der Waals surface area contributed by atoms with Crippen LogP contribution in [0.15, 0.2) is 46.9 Å². The molecule has 2 rings (SSSR count). The van der Waals surface area contributed by atoms with Gasteiger partial charge in [-0.25, -0.2) is 0 Å². The minimum atomic E-state index is -0.240. The molecule has 0 aliphatic rings. The van der Waals surface area contributed by atoms with Crippen molar-refractivity contribution in [3.8, 4) is 0 Å². The van der Waals surface area contributed by atoms with Crippen LogP contribution in [0.2, 0.25) is 5.02 Å². The Bertz CT molecular complexity index is 691. The number of rotatable bonds is 3. The van der Waals surface area contributed by atoms with Gasteiger partial charge in [0.1, 0.15) is 4.99 Å². The molecule has 0 aliphatic heterocycles. The molecule has 3 nitrogen and oxygen atoms in total. The summed E-state index contributed by atoms with van der Waals surface area (Å²) in [5.41, 5.74) is 7.23. The molecule has 0 fully saturated rings. The molecule has 0 radical (unpaired) electrons. The molecule has 0 aliphatic carbocycles. The predicted molar refractivity (Wildman–Crippen MR) is 89.4 cm³/mol. The van der Waals surface area contributed by atoms with Gasteiger partial charge in [0.2, 0.25) is 0 Å². The molecule has 2 aromatic carbocycles. The number of carbonyl (C=O) groups is 1. The average molecular weight is 370 g/mol. The molecule has 1 amide bonds. The highest BCUT2D eigenvalue weighted by Gasteiger charge is 2.09. The number of hydrogen-bond acceptors (Lipinski definition) is 2. The van der Waals surface area contributed by atoms with Crippen molar-refractivity contribution in [2.24, 2.45) is 5.73 Å². The van der Waals surface area contributed by atoms with Crippen LogP contribution in [0.4, 0.5) is 5.69 Å². The summed E-state index contributed by atoms with van der Waals surface area (Å²) in [6.45, 7) is 0. The Kier molecular flexibility index (Phi) is 4.75. The van der Waals surface area contributed by atoms with E-state index in [9.17, 15) is 4.79 Å². The lowest BCUT2D eigenvalue weighted by Crippen LogP contribution is -2.13. The van der Waals surface area contributed by atoms with E-state index in [0.717, 1.165) is 4.47 Å². The van der Waals surface area contributed by atoms with Gasteiger partial charge in [-0.2, -0.15) is 0 Å². The van der Waals surface area contributed by atoms with Crippen molar-refractivity contribution in [1.29, 1.82) is 0 Å². The third-order valence-corrected chi connectivity index (χ3v) is 3.63. The van der Waals surface area contributed by atoms with Gasteiger partial charge in [0, 0.05) is 15.6 Å². The van der Waals surface area contributed by atoms with Gasteiger partial charge in [-0.15, -0.1) is 0 Å². The minimum absolute atomic E-state index is 0.240. The van der Waals surface area contributed by atoms with Crippen LogP contribution in [-0.4, -0.2) is 10.9 Å². The van der Waals surface area contributed by atoms with Crippen LogP contribution in [0, 0.1) is 0 Å². The third kappa shape index (κ3) is 3.56. The first kappa shape index (κ1) is 15.0. The second kappa shape index (κ2) is 6.35. The fourth-order valence-electron chi connectivity index (χ4n) is 1.59. The number of halogens is 2. The fourth-order valence-corrected chi connectivity index (χ4v) is 2.35. The molecule has 102 valence electrons. The normalized spacial score (nSPS) is 10.1. The Balaban J connectivity index is 2.22. The molecule has 0 bridgehead atoms. The molecule has 0 aromatic heterocycles. The second-order valence-electron chi connectivity index (χ2n) is 4.02. The van der Waals surface area contributed by atoms with Crippen molar-refractivity contribution < 1.29 is 4.79 Å². The zero-order valence-electron chi connectivity index (χ0n) is 10.2. The van der Waals surface area contributed by atoms with E-state index in [-0.39, 0.29) is 10.9 Å². The highest BCUT2D eigenvalue weighted by atomic mass is 79.9. The molecule has 6 heteroatoms. The molecule has 20 heavy (non-hydrogen) atoms. The van der Waals surface area contributed by atoms with Gasteiger partial charge in [-0.1, -0.05) is 45.8 Å². The maximum atomic E-state index is 12.1. The molecule has 3 N–H and O–H groups in total. The highest BCUT2D eigenvalue weighted by Crippen LogP contribution is 2.24. The number of nitrogens with two attached hydrogens (primary N) is 1. The number of benzene rings is 2. The zero-order chi connectivity index (χ0) is 14.7. The van der Waals surface area contributed by atoms with E-state index in [0.29, 0.717) is 21.8 Å². The number of hydrogen-bond donors (Lipinski definition) is 2. The summed E-state index contributed by atoms with van der Waals surface area (Å²) < 4.78 is 0.833. The molecule has 0 unspecified atom stereocenters. The Morgan fingerprint density at radius 1 is 1.20 bits per heavy atom. The van der Waals surface area contributed by atoms with Crippen LogP contribution in [0.3, 0.4) is 0 Å². The summed E-state index contributed by atoms with van der Waals surface area (Å²) in [6.07, 6.45) is 0. The largest absolute Gasteiger partial charge is 0.389 e. The van der Waals surface area contributed by atoms with E-state index in [1.165, 1.54) is 0 Å². The third-order valence-electron chi connectivity index (χ3n) is 2.59. The van der Waals surface area contributed by atoms with E-state index in [2.05, 4.69) is 21.2 Å². The Morgan fingerprint density at radius 2 is 1.95 bits per heavy atom. The first-order valence-electron chi connectivity index (χ1n) is 5.63. The molecule has 0 saturated heterocycles. The molecule has 0 atom stereocenters. The van der Waals surface area contributed by atoms with Crippen molar-refractivity contribution in [2.45, 2.75) is 0 Å². The van der Waals surface area contributed by atoms with Crippen LogP contribution in [0.5, 0.6) is 0 Å². The lowest BCUT2D eigenvalue weighted by molar-refractivity contribution is 0.102. The van der Waals surface area contributed by atoms with Gasteiger partial charge in [-0.05, 0) is 36.4 Å². The summed E-state index contributed by atoms with van der Waals surface area (Å²) in [4.78, 5) is 12.4. The van der Waals surface area contributed by atoms with E-state index in [1.807, 2.05) is 6.07 Å². The van der Waals surface area contributed by atoms with Crippen molar-refractivity contribution in [3.05, 3.63) is 63.1 Å². The molecule has 0 spiro atoms. The van der Waals surface area contributed by atoms with Crippen LogP contribution >= 0.6 is 39.7 Å². The van der Waals surface area contributed by atoms with Gasteiger partial charge >= 0.3 is 0 Å². The topological polar surface area (TPSA) is 55.1 Å². The maximum Gasteiger partial charge on any atom is 0.255 e. The van der Waals surface area contributed by atoms with Crippen molar-refractivity contribution >= 4 is 56.3 Å². The quantitative estimate of drug-likeness (QED) is 0.804. The number of anilines is 1. The smallest absolute Gasteiger partial charge is 0.255 e. The van der Waals surface area contributed by atoms with Crippen LogP contribution < -0.4 is 11.1 Å². The van der Waals surface area contributed by atoms with Gasteiger partial charge in [-0.3, -0.25) is 4.79 Å². The van der Waals surface area contributed by atoms with Gasteiger partial charge in [0.05, 0.1) is 10.7 Å². The Hall–Kier alpha value is -1.43. The maximum absolute atomic E-state index is 12.1. The van der Waals surface area contributed by atoms with Crippen LogP contribution in [0.25, 0.3) is 0 Å². The average Bonchev–Trinajstić information content (AvgIpc) is 2.40. The summed E-state index contributed by atoms with van der Waals surface area (Å²) in [7, 11) is 0. The number of amides is 1. The summed E-state index contributed by atoms with van der Waals surface area (Å²) in [6, 6.07) is 12.1. The summed E-state index contributed by atoms with van der Waals surface area (Å²) >= 11 is 14.3. The van der Waals surface area contributed by atoms with Gasteiger partial charge in [0.15, 0.2) is 0 Å². The predicted octanol–water partition coefficient (Wildman–Crippen LogP) is 3.99. The van der Waals surface area contributed by atoms with Crippen LogP contribution in [-0.2, 0) is 0 Å². The second-order valence-corrected chi connectivity index (χ2v) is 5.79. The van der Waals surface area contributed by atoms with Crippen molar-refractivity contribution in [3.63, 3.8) is 0 Å². The van der Waals surface area contributed by atoms with Crippen molar-refractivity contribution in [1.82, 2.24) is 0 Å².